The minimum atomic E-state index is 0.0587. The number of anilines is 2. The highest BCUT2D eigenvalue weighted by Crippen LogP contribution is 2.30. The number of carbonyl (C=O) groups is 1. The number of hydrogen-bond donors (Lipinski definition) is 1. The van der Waals surface area contributed by atoms with Crippen molar-refractivity contribution in [3.05, 3.63) is 41.6 Å². The standard InChI is InChI=1S/C15H18N4O/c1-11-4-2-5-12-6-3-8-19(15(11)12)14(20)10-18-9-7-13(16)17-18/h2,4-5,7,9H,3,6,8,10H2,1H3,(H2,16,17). The molecule has 1 aliphatic rings. The lowest BCUT2D eigenvalue weighted by Gasteiger charge is -2.31. The van der Waals surface area contributed by atoms with Gasteiger partial charge in [-0.3, -0.25) is 9.48 Å². The second-order valence-corrected chi connectivity index (χ2v) is 5.17. The average molecular weight is 270 g/mol. The van der Waals surface area contributed by atoms with Gasteiger partial charge in [0, 0.05) is 18.4 Å². The van der Waals surface area contributed by atoms with Gasteiger partial charge in [0.25, 0.3) is 0 Å². The van der Waals surface area contributed by atoms with Crippen LogP contribution in [0.4, 0.5) is 11.5 Å². The molecule has 0 aliphatic carbocycles. The quantitative estimate of drug-likeness (QED) is 0.904. The van der Waals surface area contributed by atoms with Crippen molar-refractivity contribution in [2.75, 3.05) is 17.2 Å². The Morgan fingerprint density at radius 2 is 2.25 bits per heavy atom. The van der Waals surface area contributed by atoms with Gasteiger partial charge in [-0.25, -0.2) is 0 Å². The first-order chi connectivity index (χ1) is 9.65. The molecule has 1 amide bonds. The molecular formula is C15H18N4O. The van der Waals surface area contributed by atoms with Crippen LogP contribution in [0.2, 0.25) is 0 Å². The molecule has 104 valence electrons. The zero-order valence-corrected chi connectivity index (χ0v) is 11.5. The van der Waals surface area contributed by atoms with Crippen molar-refractivity contribution in [2.24, 2.45) is 0 Å². The SMILES string of the molecule is Cc1cccc2c1N(C(=O)Cn1ccc(N)n1)CCC2. The minimum Gasteiger partial charge on any atom is -0.382 e. The molecular weight excluding hydrogens is 252 g/mol. The Bertz CT molecular complexity index is 647. The van der Waals surface area contributed by atoms with Crippen LogP contribution >= 0.6 is 0 Å². The number of benzene rings is 1. The number of para-hydroxylation sites is 1. The van der Waals surface area contributed by atoms with Gasteiger partial charge in [0.1, 0.15) is 12.4 Å². The van der Waals surface area contributed by atoms with Crippen LogP contribution in [0.5, 0.6) is 0 Å². The summed E-state index contributed by atoms with van der Waals surface area (Å²) in [7, 11) is 0. The highest BCUT2D eigenvalue weighted by Gasteiger charge is 2.24. The lowest BCUT2D eigenvalue weighted by atomic mass is 9.98. The van der Waals surface area contributed by atoms with E-state index < -0.39 is 0 Å². The Morgan fingerprint density at radius 3 is 3.00 bits per heavy atom. The van der Waals surface area contributed by atoms with Gasteiger partial charge in [0.2, 0.25) is 5.91 Å². The van der Waals surface area contributed by atoms with E-state index >= 15 is 0 Å². The summed E-state index contributed by atoms with van der Waals surface area (Å²) in [5.41, 5.74) is 9.05. The number of rotatable bonds is 2. The third-order valence-corrected chi connectivity index (χ3v) is 3.68. The number of nitrogens with two attached hydrogens (primary N) is 1. The van der Waals surface area contributed by atoms with E-state index in [9.17, 15) is 4.79 Å². The van der Waals surface area contributed by atoms with Crippen LogP contribution in [-0.4, -0.2) is 22.2 Å². The third kappa shape index (κ3) is 2.27. The van der Waals surface area contributed by atoms with Gasteiger partial charge in [-0.15, -0.1) is 0 Å². The molecule has 5 nitrogen and oxygen atoms in total. The topological polar surface area (TPSA) is 64.2 Å². The van der Waals surface area contributed by atoms with E-state index in [4.69, 9.17) is 5.73 Å². The van der Waals surface area contributed by atoms with Crippen molar-refractivity contribution in [3.8, 4) is 0 Å². The number of amides is 1. The van der Waals surface area contributed by atoms with Crippen LogP contribution in [0, 0.1) is 6.92 Å². The number of hydrogen-bond acceptors (Lipinski definition) is 3. The zero-order chi connectivity index (χ0) is 14.1. The number of fused-ring (bicyclic) bond motifs is 1. The summed E-state index contributed by atoms with van der Waals surface area (Å²) >= 11 is 0. The Kier molecular flexibility index (Phi) is 3.18. The molecule has 0 spiro atoms. The maximum absolute atomic E-state index is 12.5. The van der Waals surface area contributed by atoms with E-state index in [1.807, 2.05) is 4.90 Å². The summed E-state index contributed by atoms with van der Waals surface area (Å²) in [5.74, 6) is 0.497. The number of carbonyl (C=O) groups excluding carboxylic acids is 1. The van der Waals surface area contributed by atoms with Crippen molar-refractivity contribution in [1.82, 2.24) is 9.78 Å². The predicted molar refractivity (Wildman–Crippen MR) is 78.5 cm³/mol. The molecule has 5 heteroatoms. The third-order valence-electron chi connectivity index (χ3n) is 3.68. The van der Waals surface area contributed by atoms with Crippen LogP contribution in [-0.2, 0) is 17.8 Å². The number of aryl methyl sites for hydroxylation is 2. The van der Waals surface area contributed by atoms with E-state index in [1.54, 1.807) is 16.9 Å². The highest BCUT2D eigenvalue weighted by molar-refractivity contribution is 5.95. The molecule has 0 atom stereocenters. The van der Waals surface area contributed by atoms with E-state index in [0.717, 1.165) is 30.6 Å². The molecule has 0 radical (unpaired) electrons. The summed E-state index contributed by atoms with van der Waals surface area (Å²) in [4.78, 5) is 14.4. The van der Waals surface area contributed by atoms with Crippen LogP contribution in [0.3, 0.4) is 0 Å². The largest absolute Gasteiger partial charge is 0.382 e. The first kappa shape index (κ1) is 12.7. The molecule has 20 heavy (non-hydrogen) atoms. The van der Waals surface area contributed by atoms with Gasteiger partial charge in [-0.2, -0.15) is 5.10 Å². The summed E-state index contributed by atoms with van der Waals surface area (Å²) in [6.45, 7) is 3.05. The minimum absolute atomic E-state index is 0.0587. The lowest BCUT2D eigenvalue weighted by Crippen LogP contribution is -2.38. The fourth-order valence-electron chi connectivity index (χ4n) is 2.79. The van der Waals surface area contributed by atoms with Gasteiger partial charge in [0.05, 0.1) is 0 Å². The van der Waals surface area contributed by atoms with Gasteiger partial charge in [-0.1, -0.05) is 18.2 Å². The number of aromatic nitrogens is 2. The van der Waals surface area contributed by atoms with Crippen LogP contribution in [0.1, 0.15) is 17.5 Å². The number of nitrogens with zero attached hydrogens (tertiary/aromatic N) is 3. The first-order valence-corrected chi connectivity index (χ1v) is 6.83. The van der Waals surface area contributed by atoms with Crippen LogP contribution < -0.4 is 10.6 Å². The molecule has 2 N–H and O–H groups in total. The average Bonchev–Trinajstić information content (AvgIpc) is 2.84. The van der Waals surface area contributed by atoms with Gasteiger partial charge >= 0.3 is 0 Å². The molecule has 3 rings (SSSR count). The molecule has 0 saturated heterocycles. The normalized spacial score (nSPS) is 14.2. The fraction of sp³-hybridized carbons (Fsp3) is 0.333. The summed E-state index contributed by atoms with van der Waals surface area (Å²) in [6, 6.07) is 7.91. The van der Waals surface area contributed by atoms with Crippen molar-refractivity contribution in [1.29, 1.82) is 0 Å². The Hall–Kier alpha value is -2.30. The number of nitrogen functional groups attached to an aromatic ring is 1. The maximum Gasteiger partial charge on any atom is 0.248 e. The van der Waals surface area contributed by atoms with Crippen molar-refractivity contribution < 1.29 is 4.79 Å². The van der Waals surface area contributed by atoms with E-state index in [1.165, 1.54) is 5.56 Å². The molecule has 0 fully saturated rings. The van der Waals surface area contributed by atoms with E-state index in [-0.39, 0.29) is 12.5 Å². The van der Waals surface area contributed by atoms with Crippen molar-refractivity contribution in [2.45, 2.75) is 26.3 Å². The lowest BCUT2D eigenvalue weighted by molar-refractivity contribution is -0.119. The Morgan fingerprint density at radius 1 is 1.40 bits per heavy atom. The first-order valence-electron chi connectivity index (χ1n) is 6.83. The molecule has 0 unspecified atom stereocenters. The van der Waals surface area contributed by atoms with Gasteiger partial charge in [-0.05, 0) is 37.0 Å². The molecule has 1 aliphatic heterocycles. The second-order valence-electron chi connectivity index (χ2n) is 5.17. The van der Waals surface area contributed by atoms with Crippen LogP contribution in [0.25, 0.3) is 0 Å². The van der Waals surface area contributed by atoms with Crippen molar-refractivity contribution in [3.63, 3.8) is 0 Å². The summed E-state index contributed by atoms with van der Waals surface area (Å²) < 4.78 is 1.59. The van der Waals surface area contributed by atoms with E-state index in [0.29, 0.717) is 5.82 Å². The highest BCUT2D eigenvalue weighted by atomic mass is 16.2. The van der Waals surface area contributed by atoms with Crippen molar-refractivity contribution >= 4 is 17.4 Å². The smallest absolute Gasteiger partial charge is 0.248 e. The second kappa shape index (κ2) is 5.00. The molecule has 1 aromatic carbocycles. The maximum atomic E-state index is 12.5. The van der Waals surface area contributed by atoms with Gasteiger partial charge < -0.3 is 10.6 Å². The molecule has 2 aromatic rings. The molecule has 0 bridgehead atoms. The fourth-order valence-corrected chi connectivity index (χ4v) is 2.79. The Labute approximate surface area is 118 Å². The molecule has 2 heterocycles. The molecule has 0 saturated carbocycles. The zero-order valence-electron chi connectivity index (χ0n) is 11.5. The summed E-state index contributed by atoms with van der Waals surface area (Å²) in [5, 5.41) is 4.07. The predicted octanol–water partition coefficient (Wildman–Crippen LogP) is 1.75. The van der Waals surface area contributed by atoms with E-state index in [2.05, 4.69) is 30.2 Å². The molecule has 1 aromatic heterocycles. The monoisotopic (exact) mass is 270 g/mol. The van der Waals surface area contributed by atoms with Gasteiger partial charge in [0.15, 0.2) is 0 Å². The van der Waals surface area contributed by atoms with Crippen LogP contribution in [0.15, 0.2) is 30.5 Å². The Balaban J connectivity index is 1.87. The summed E-state index contributed by atoms with van der Waals surface area (Å²) in [6.07, 6.45) is 3.77.